The molecule has 7 heteroatoms. The molecule has 3 rings (SSSR count). The van der Waals surface area contributed by atoms with Gasteiger partial charge in [-0.15, -0.1) is 11.3 Å². The lowest BCUT2D eigenvalue weighted by atomic mass is 10.3. The van der Waals surface area contributed by atoms with E-state index in [1.54, 1.807) is 29.8 Å². The Balaban J connectivity index is 2.10. The lowest BCUT2D eigenvalue weighted by Gasteiger charge is -2.06. The Morgan fingerprint density at radius 2 is 2.26 bits per heavy atom. The number of nitrogens with one attached hydrogen (secondary N) is 1. The number of rotatable bonds is 3. The van der Waals surface area contributed by atoms with Gasteiger partial charge in [0.1, 0.15) is 10.6 Å². The fourth-order valence-corrected chi connectivity index (χ4v) is 2.55. The standard InChI is InChI=1S/C12H11N5OS/c1-7-5-9-10(18-8-3-2-4-14-6-8)15-12(17-13)16-11(9)19-7/h2-6H,13H2,1H3,(H,15,16,17). The Bertz CT molecular complexity index is 713. The van der Waals surface area contributed by atoms with Crippen LogP contribution in [0.25, 0.3) is 10.2 Å². The number of aromatic nitrogens is 3. The second-order valence-corrected chi connectivity index (χ2v) is 5.10. The molecule has 0 radical (unpaired) electrons. The highest BCUT2D eigenvalue weighted by molar-refractivity contribution is 7.18. The quantitative estimate of drug-likeness (QED) is 0.563. The maximum absolute atomic E-state index is 5.74. The molecule has 3 heterocycles. The second kappa shape index (κ2) is 4.79. The van der Waals surface area contributed by atoms with Crippen LogP contribution < -0.4 is 16.0 Å². The highest BCUT2D eigenvalue weighted by atomic mass is 32.1. The molecule has 19 heavy (non-hydrogen) atoms. The van der Waals surface area contributed by atoms with E-state index in [1.165, 1.54) is 0 Å². The van der Waals surface area contributed by atoms with Gasteiger partial charge >= 0.3 is 0 Å². The van der Waals surface area contributed by atoms with E-state index in [1.807, 2.05) is 19.1 Å². The first kappa shape index (κ1) is 11.8. The summed E-state index contributed by atoms with van der Waals surface area (Å²) in [4.78, 5) is 14.5. The third-order valence-corrected chi connectivity index (χ3v) is 3.40. The van der Waals surface area contributed by atoms with Crippen molar-refractivity contribution in [3.05, 3.63) is 35.5 Å². The Hall–Kier alpha value is -2.25. The minimum Gasteiger partial charge on any atom is -0.437 e. The van der Waals surface area contributed by atoms with Crippen LogP contribution in [-0.2, 0) is 0 Å². The first-order chi connectivity index (χ1) is 9.26. The van der Waals surface area contributed by atoms with Crippen LogP contribution in [0, 0.1) is 6.92 Å². The number of fused-ring (bicyclic) bond motifs is 1. The predicted molar refractivity (Wildman–Crippen MR) is 74.3 cm³/mol. The van der Waals surface area contributed by atoms with Gasteiger partial charge in [0.2, 0.25) is 11.8 Å². The predicted octanol–water partition coefficient (Wildman–Crippen LogP) is 2.47. The average molecular weight is 273 g/mol. The first-order valence-electron chi connectivity index (χ1n) is 5.59. The number of anilines is 1. The molecule has 0 saturated heterocycles. The monoisotopic (exact) mass is 273 g/mol. The van der Waals surface area contributed by atoms with Crippen molar-refractivity contribution >= 4 is 27.5 Å². The molecule has 3 N–H and O–H groups in total. The molecule has 0 aliphatic rings. The molecule has 96 valence electrons. The molecular formula is C12H11N5OS. The third kappa shape index (κ3) is 2.33. The van der Waals surface area contributed by atoms with E-state index in [2.05, 4.69) is 20.4 Å². The minimum atomic E-state index is 0.327. The van der Waals surface area contributed by atoms with E-state index in [0.717, 1.165) is 15.1 Å². The number of nitrogens with two attached hydrogens (primary N) is 1. The van der Waals surface area contributed by atoms with Gasteiger partial charge in [0.15, 0.2) is 0 Å². The number of hydrazine groups is 1. The average Bonchev–Trinajstić information content (AvgIpc) is 2.80. The maximum atomic E-state index is 5.74. The SMILES string of the molecule is Cc1cc2c(Oc3cccnc3)nc(NN)nc2s1. The molecule has 3 aromatic rings. The molecule has 0 aliphatic heterocycles. The molecule has 0 amide bonds. The Kier molecular flexibility index (Phi) is 2.98. The van der Waals surface area contributed by atoms with Crippen LogP contribution in [0.5, 0.6) is 11.6 Å². The van der Waals surface area contributed by atoms with Gasteiger partial charge < -0.3 is 4.74 Å². The van der Waals surface area contributed by atoms with Gasteiger partial charge in [0.05, 0.1) is 11.6 Å². The number of aryl methyl sites for hydroxylation is 1. The number of nitrogen functional groups attached to an aromatic ring is 1. The largest absolute Gasteiger partial charge is 0.437 e. The topological polar surface area (TPSA) is 86.0 Å². The molecule has 0 bridgehead atoms. The van der Waals surface area contributed by atoms with Gasteiger partial charge in [-0.3, -0.25) is 10.4 Å². The van der Waals surface area contributed by atoms with E-state index >= 15 is 0 Å². The van der Waals surface area contributed by atoms with Crippen molar-refractivity contribution in [3.63, 3.8) is 0 Å². The highest BCUT2D eigenvalue weighted by Gasteiger charge is 2.12. The number of ether oxygens (including phenoxy) is 1. The summed E-state index contributed by atoms with van der Waals surface area (Å²) < 4.78 is 5.74. The van der Waals surface area contributed by atoms with Gasteiger partial charge in [0.25, 0.3) is 0 Å². The Morgan fingerprint density at radius 1 is 1.37 bits per heavy atom. The third-order valence-electron chi connectivity index (χ3n) is 2.46. The fourth-order valence-electron chi connectivity index (χ4n) is 1.68. The van der Waals surface area contributed by atoms with Crippen LogP contribution in [0.2, 0.25) is 0 Å². The van der Waals surface area contributed by atoms with Gasteiger partial charge in [-0.25, -0.2) is 10.8 Å². The molecule has 3 aromatic heterocycles. The molecule has 0 unspecified atom stereocenters. The van der Waals surface area contributed by atoms with Crippen molar-refractivity contribution < 1.29 is 4.74 Å². The van der Waals surface area contributed by atoms with Crippen molar-refractivity contribution in [3.8, 4) is 11.6 Å². The number of nitrogens with zero attached hydrogens (tertiary/aromatic N) is 3. The Labute approximate surface area is 113 Å². The summed E-state index contributed by atoms with van der Waals surface area (Å²) in [5, 5.41) is 0.866. The van der Waals surface area contributed by atoms with Gasteiger partial charge in [-0.05, 0) is 25.1 Å². The summed E-state index contributed by atoms with van der Waals surface area (Å²) in [5.41, 5.74) is 2.44. The minimum absolute atomic E-state index is 0.327. The normalized spacial score (nSPS) is 10.6. The van der Waals surface area contributed by atoms with Crippen LogP contribution in [0.3, 0.4) is 0 Å². The fraction of sp³-hybridized carbons (Fsp3) is 0.0833. The summed E-state index contributed by atoms with van der Waals surface area (Å²) in [7, 11) is 0. The number of pyridine rings is 1. The molecule has 0 fully saturated rings. The van der Waals surface area contributed by atoms with E-state index in [-0.39, 0.29) is 0 Å². The number of hydrogen-bond acceptors (Lipinski definition) is 7. The van der Waals surface area contributed by atoms with Crippen molar-refractivity contribution in [2.24, 2.45) is 5.84 Å². The number of thiophene rings is 1. The molecule has 0 spiro atoms. The summed E-state index contributed by atoms with van der Waals surface area (Å²) >= 11 is 1.56. The molecular weight excluding hydrogens is 262 g/mol. The molecule has 0 saturated carbocycles. The Morgan fingerprint density at radius 3 is 3.00 bits per heavy atom. The van der Waals surface area contributed by atoms with E-state index < -0.39 is 0 Å². The van der Waals surface area contributed by atoms with E-state index in [0.29, 0.717) is 17.6 Å². The zero-order chi connectivity index (χ0) is 13.2. The summed E-state index contributed by atoms with van der Waals surface area (Å²) in [6, 6.07) is 5.61. The van der Waals surface area contributed by atoms with Gasteiger partial charge in [-0.1, -0.05) is 0 Å². The lowest BCUT2D eigenvalue weighted by Crippen LogP contribution is -2.10. The summed E-state index contributed by atoms with van der Waals surface area (Å²) in [6.07, 6.45) is 3.31. The van der Waals surface area contributed by atoms with Crippen molar-refractivity contribution in [2.75, 3.05) is 5.43 Å². The van der Waals surface area contributed by atoms with Gasteiger partial charge in [0, 0.05) is 11.1 Å². The maximum Gasteiger partial charge on any atom is 0.241 e. The van der Waals surface area contributed by atoms with Crippen LogP contribution >= 0.6 is 11.3 Å². The lowest BCUT2D eigenvalue weighted by molar-refractivity contribution is 0.467. The molecule has 6 nitrogen and oxygen atoms in total. The van der Waals surface area contributed by atoms with E-state index in [4.69, 9.17) is 10.6 Å². The van der Waals surface area contributed by atoms with Gasteiger partial charge in [-0.2, -0.15) is 4.98 Å². The summed E-state index contributed by atoms with van der Waals surface area (Å²) in [5.74, 6) is 6.79. The van der Waals surface area contributed by atoms with Crippen LogP contribution in [0.1, 0.15) is 4.88 Å². The summed E-state index contributed by atoms with van der Waals surface area (Å²) in [6.45, 7) is 2.01. The van der Waals surface area contributed by atoms with Crippen LogP contribution in [-0.4, -0.2) is 15.0 Å². The molecule has 0 atom stereocenters. The van der Waals surface area contributed by atoms with E-state index in [9.17, 15) is 0 Å². The zero-order valence-electron chi connectivity index (χ0n) is 10.1. The smallest absolute Gasteiger partial charge is 0.241 e. The van der Waals surface area contributed by atoms with Crippen LogP contribution in [0.4, 0.5) is 5.95 Å². The van der Waals surface area contributed by atoms with Crippen molar-refractivity contribution in [1.82, 2.24) is 15.0 Å². The first-order valence-corrected chi connectivity index (χ1v) is 6.40. The van der Waals surface area contributed by atoms with Crippen molar-refractivity contribution in [2.45, 2.75) is 6.92 Å². The molecule has 0 aromatic carbocycles. The molecule has 0 aliphatic carbocycles. The van der Waals surface area contributed by atoms with Crippen LogP contribution in [0.15, 0.2) is 30.6 Å². The van der Waals surface area contributed by atoms with Crippen molar-refractivity contribution in [1.29, 1.82) is 0 Å². The highest BCUT2D eigenvalue weighted by Crippen LogP contribution is 2.33. The number of hydrogen-bond donors (Lipinski definition) is 2. The second-order valence-electron chi connectivity index (χ2n) is 3.86. The zero-order valence-corrected chi connectivity index (χ0v) is 10.9.